The lowest BCUT2D eigenvalue weighted by Gasteiger charge is -2.41. The van der Waals surface area contributed by atoms with Crippen LogP contribution in [0.25, 0.3) is 5.69 Å². The van der Waals surface area contributed by atoms with Crippen LogP contribution in [0.2, 0.25) is 0 Å². The first kappa shape index (κ1) is 15.7. The van der Waals surface area contributed by atoms with Crippen LogP contribution in [0, 0.1) is 11.8 Å². The van der Waals surface area contributed by atoms with E-state index in [2.05, 4.69) is 22.0 Å². The summed E-state index contributed by atoms with van der Waals surface area (Å²) in [6.07, 6.45) is 12.8. The van der Waals surface area contributed by atoms with Gasteiger partial charge in [0.25, 0.3) is 0 Å². The monoisotopic (exact) mass is 325 g/mol. The summed E-state index contributed by atoms with van der Waals surface area (Å²) in [5.74, 6) is 2.61. The van der Waals surface area contributed by atoms with Gasteiger partial charge in [0.1, 0.15) is 5.75 Å². The van der Waals surface area contributed by atoms with E-state index in [1.807, 2.05) is 29.2 Å². The third-order valence-electron chi connectivity index (χ3n) is 5.40. The first-order valence-electron chi connectivity index (χ1n) is 9.30. The van der Waals surface area contributed by atoms with E-state index in [-0.39, 0.29) is 0 Å². The average Bonchev–Trinajstić information content (AvgIpc) is 3.13. The molecule has 0 atom stereocenters. The molecule has 0 spiro atoms. The SMILES string of the molecule is c1cn(-c2ccc(OCC3CN(CC4CCCCC4)C3)cc2)cn1. The number of ether oxygens (including phenoxy) is 1. The van der Waals surface area contributed by atoms with E-state index in [0.717, 1.165) is 24.0 Å². The van der Waals surface area contributed by atoms with Crippen LogP contribution >= 0.6 is 0 Å². The normalized spacial score (nSPS) is 20.0. The van der Waals surface area contributed by atoms with Crippen molar-refractivity contribution in [3.63, 3.8) is 0 Å². The van der Waals surface area contributed by atoms with Gasteiger partial charge in [-0.2, -0.15) is 0 Å². The Bertz CT molecular complexity index is 611. The maximum atomic E-state index is 5.97. The van der Waals surface area contributed by atoms with Crippen molar-refractivity contribution >= 4 is 0 Å². The molecule has 2 aromatic rings. The smallest absolute Gasteiger partial charge is 0.119 e. The number of nitrogens with zero attached hydrogens (tertiary/aromatic N) is 3. The van der Waals surface area contributed by atoms with Crippen molar-refractivity contribution in [3.8, 4) is 11.4 Å². The van der Waals surface area contributed by atoms with Gasteiger partial charge in [0, 0.05) is 43.6 Å². The van der Waals surface area contributed by atoms with Gasteiger partial charge in [-0.1, -0.05) is 19.3 Å². The lowest BCUT2D eigenvalue weighted by atomic mass is 9.87. The van der Waals surface area contributed by atoms with Crippen LogP contribution in [0.1, 0.15) is 32.1 Å². The average molecular weight is 325 g/mol. The highest BCUT2D eigenvalue weighted by atomic mass is 16.5. The molecule has 2 fully saturated rings. The molecule has 4 nitrogen and oxygen atoms in total. The van der Waals surface area contributed by atoms with E-state index in [1.54, 1.807) is 6.20 Å². The molecule has 1 aliphatic heterocycles. The van der Waals surface area contributed by atoms with Crippen LogP contribution in [-0.2, 0) is 0 Å². The Labute approximate surface area is 144 Å². The Hall–Kier alpha value is -1.81. The minimum Gasteiger partial charge on any atom is -0.493 e. The minimum absolute atomic E-state index is 0.696. The molecule has 1 aliphatic carbocycles. The molecule has 0 radical (unpaired) electrons. The molecule has 1 aromatic carbocycles. The molecule has 2 aliphatic rings. The maximum Gasteiger partial charge on any atom is 0.119 e. The van der Waals surface area contributed by atoms with Crippen molar-refractivity contribution in [2.75, 3.05) is 26.2 Å². The summed E-state index contributed by atoms with van der Waals surface area (Å²) >= 11 is 0. The zero-order valence-electron chi connectivity index (χ0n) is 14.3. The van der Waals surface area contributed by atoms with E-state index >= 15 is 0 Å². The molecule has 0 amide bonds. The van der Waals surface area contributed by atoms with Gasteiger partial charge in [-0.25, -0.2) is 4.98 Å². The molecule has 1 saturated heterocycles. The molecule has 4 rings (SSSR count). The van der Waals surface area contributed by atoms with Crippen LogP contribution in [0.15, 0.2) is 43.0 Å². The lowest BCUT2D eigenvalue weighted by molar-refractivity contribution is 0.0435. The molecule has 1 saturated carbocycles. The second-order valence-corrected chi connectivity index (χ2v) is 7.36. The Balaban J connectivity index is 1.18. The van der Waals surface area contributed by atoms with Gasteiger partial charge >= 0.3 is 0 Å². The van der Waals surface area contributed by atoms with Crippen LogP contribution in [-0.4, -0.2) is 40.7 Å². The summed E-state index contributed by atoms with van der Waals surface area (Å²) < 4.78 is 7.97. The number of likely N-dealkylation sites (tertiary alicyclic amines) is 1. The highest BCUT2D eigenvalue weighted by molar-refractivity contribution is 5.37. The molecule has 0 N–H and O–H groups in total. The quantitative estimate of drug-likeness (QED) is 0.810. The summed E-state index contributed by atoms with van der Waals surface area (Å²) in [5, 5.41) is 0. The van der Waals surface area contributed by atoms with Crippen LogP contribution in [0.3, 0.4) is 0 Å². The molecule has 0 unspecified atom stereocenters. The van der Waals surface area contributed by atoms with Crippen molar-refractivity contribution in [2.45, 2.75) is 32.1 Å². The minimum atomic E-state index is 0.696. The van der Waals surface area contributed by atoms with Gasteiger partial charge in [-0.15, -0.1) is 0 Å². The van der Waals surface area contributed by atoms with Crippen LogP contribution < -0.4 is 4.74 Å². The Morgan fingerprint density at radius 1 is 1.00 bits per heavy atom. The summed E-state index contributed by atoms with van der Waals surface area (Å²) in [5.41, 5.74) is 1.11. The van der Waals surface area contributed by atoms with Crippen molar-refractivity contribution in [2.24, 2.45) is 11.8 Å². The van der Waals surface area contributed by atoms with Crippen LogP contribution in [0.4, 0.5) is 0 Å². The number of rotatable bonds is 6. The van der Waals surface area contributed by atoms with Crippen molar-refractivity contribution < 1.29 is 4.74 Å². The van der Waals surface area contributed by atoms with Gasteiger partial charge in [-0.05, 0) is 43.0 Å². The molecule has 24 heavy (non-hydrogen) atoms. The zero-order valence-corrected chi connectivity index (χ0v) is 14.3. The number of imidazole rings is 1. The van der Waals surface area contributed by atoms with Crippen molar-refractivity contribution in [3.05, 3.63) is 43.0 Å². The number of benzene rings is 1. The standard InChI is InChI=1S/C20H27N3O/c1-2-4-17(5-3-1)12-22-13-18(14-22)15-24-20-8-6-19(7-9-20)23-11-10-21-16-23/h6-11,16-18H,1-5,12-15H2. The molecule has 2 heterocycles. The molecule has 4 heteroatoms. The lowest BCUT2D eigenvalue weighted by Crippen LogP contribution is -2.50. The van der Waals surface area contributed by atoms with Gasteiger partial charge < -0.3 is 14.2 Å². The van der Waals surface area contributed by atoms with Crippen LogP contribution in [0.5, 0.6) is 5.75 Å². The zero-order chi connectivity index (χ0) is 16.2. The van der Waals surface area contributed by atoms with E-state index in [4.69, 9.17) is 4.74 Å². The first-order chi connectivity index (χ1) is 11.9. The van der Waals surface area contributed by atoms with E-state index in [1.165, 1.54) is 51.7 Å². The third-order valence-corrected chi connectivity index (χ3v) is 5.40. The number of aromatic nitrogens is 2. The second-order valence-electron chi connectivity index (χ2n) is 7.36. The van der Waals surface area contributed by atoms with Gasteiger partial charge in [0.05, 0.1) is 12.9 Å². The molecule has 1 aromatic heterocycles. The Morgan fingerprint density at radius 3 is 2.50 bits per heavy atom. The highest BCUT2D eigenvalue weighted by Crippen LogP contribution is 2.27. The summed E-state index contributed by atoms with van der Waals surface area (Å²) in [7, 11) is 0. The fourth-order valence-electron chi connectivity index (χ4n) is 4.01. The van der Waals surface area contributed by atoms with E-state index in [0.29, 0.717) is 5.92 Å². The third kappa shape index (κ3) is 3.81. The predicted molar refractivity (Wildman–Crippen MR) is 95.6 cm³/mol. The van der Waals surface area contributed by atoms with Crippen molar-refractivity contribution in [1.29, 1.82) is 0 Å². The van der Waals surface area contributed by atoms with Crippen molar-refractivity contribution in [1.82, 2.24) is 14.5 Å². The van der Waals surface area contributed by atoms with E-state index in [9.17, 15) is 0 Å². The Kier molecular flexibility index (Phi) is 4.83. The molecular weight excluding hydrogens is 298 g/mol. The largest absolute Gasteiger partial charge is 0.493 e. The van der Waals surface area contributed by atoms with Gasteiger partial charge in [-0.3, -0.25) is 0 Å². The summed E-state index contributed by atoms with van der Waals surface area (Å²) in [6.45, 7) is 4.58. The topological polar surface area (TPSA) is 30.3 Å². The predicted octanol–water partition coefficient (Wildman–Crippen LogP) is 3.76. The molecule has 128 valence electrons. The van der Waals surface area contributed by atoms with Gasteiger partial charge in [0.2, 0.25) is 0 Å². The fourth-order valence-corrected chi connectivity index (χ4v) is 4.01. The van der Waals surface area contributed by atoms with Gasteiger partial charge in [0.15, 0.2) is 0 Å². The molecule has 0 bridgehead atoms. The Morgan fingerprint density at radius 2 is 1.79 bits per heavy atom. The number of hydrogen-bond acceptors (Lipinski definition) is 3. The molecular formula is C20H27N3O. The van der Waals surface area contributed by atoms with E-state index < -0.39 is 0 Å². The summed E-state index contributed by atoms with van der Waals surface area (Å²) in [4.78, 5) is 6.69. The highest BCUT2D eigenvalue weighted by Gasteiger charge is 2.29. The maximum absolute atomic E-state index is 5.97. The first-order valence-corrected chi connectivity index (χ1v) is 9.30. The number of hydrogen-bond donors (Lipinski definition) is 0. The second kappa shape index (κ2) is 7.39. The fraction of sp³-hybridized carbons (Fsp3) is 0.550. The summed E-state index contributed by atoms with van der Waals surface area (Å²) in [6, 6.07) is 8.25.